The van der Waals surface area contributed by atoms with E-state index in [0.29, 0.717) is 13.0 Å². The first kappa shape index (κ1) is 31.8. The van der Waals surface area contributed by atoms with Gasteiger partial charge >= 0.3 is 0 Å². The quantitative estimate of drug-likeness (QED) is 0.287. The Balaban J connectivity index is 1.89. The summed E-state index contributed by atoms with van der Waals surface area (Å²) >= 11 is 0. The third-order valence-corrected chi connectivity index (χ3v) is 7.84. The molecule has 9 heteroatoms. The van der Waals surface area contributed by atoms with Gasteiger partial charge in [-0.3, -0.25) is 13.9 Å². The molecule has 7 nitrogen and oxygen atoms in total. The number of anilines is 1. The summed E-state index contributed by atoms with van der Waals surface area (Å²) in [5, 5.41) is 2.99. The van der Waals surface area contributed by atoms with Crippen molar-refractivity contribution in [3.05, 3.63) is 101 Å². The van der Waals surface area contributed by atoms with E-state index in [0.717, 1.165) is 27.3 Å². The van der Waals surface area contributed by atoms with E-state index < -0.39 is 21.9 Å². The molecule has 0 spiro atoms. The number of benzene rings is 3. The molecule has 41 heavy (non-hydrogen) atoms. The van der Waals surface area contributed by atoms with Crippen molar-refractivity contribution in [2.24, 2.45) is 5.92 Å². The van der Waals surface area contributed by atoms with Crippen LogP contribution in [0.3, 0.4) is 0 Å². The number of hydrogen-bond donors (Lipinski definition) is 1. The summed E-state index contributed by atoms with van der Waals surface area (Å²) in [6.45, 7) is 6.59. The van der Waals surface area contributed by atoms with Gasteiger partial charge in [-0.15, -0.1) is 0 Å². The number of aryl methyl sites for hydroxylation is 1. The minimum Gasteiger partial charge on any atom is -0.354 e. The first-order chi connectivity index (χ1) is 19.5. The SMILES string of the molecule is Cc1cccc(CN(C(=O)CCCN(c2ccccc2F)S(C)(=O)=O)C(Cc2ccccc2)C(=O)NCC(C)C)c1. The van der Waals surface area contributed by atoms with Gasteiger partial charge < -0.3 is 10.2 Å². The number of rotatable bonds is 14. The summed E-state index contributed by atoms with van der Waals surface area (Å²) in [7, 11) is -3.79. The van der Waals surface area contributed by atoms with Gasteiger partial charge in [-0.2, -0.15) is 0 Å². The van der Waals surface area contributed by atoms with E-state index in [2.05, 4.69) is 5.32 Å². The molecule has 3 aromatic rings. The Morgan fingerprint density at radius 3 is 2.22 bits per heavy atom. The molecule has 0 fully saturated rings. The molecule has 3 rings (SSSR count). The van der Waals surface area contributed by atoms with E-state index >= 15 is 0 Å². The molecule has 0 saturated heterocycles. The fourth-order valence-electron chi connectivity index (χ4n) is 4.62. The first-order valence-electron chi connectivity index (χ1n) is 13.8. The minimum atomic E-state index is -3.79. The van der Waals surface area contributed by atoms with Crippen LogP contribution < -0.4 is 9.62 Å². The summed E-state index contributed by atoms with van der Waals surface area (Å²) in [4.78, 5) is 29.0. The lowest BCUT2D eigenvalue weighted by atomic mass is 10.0. The average molecular weight is 582 g/mol. The zero-order valence-corrected chi connectivity index (χ0v) is 25.0. The standard InChI is InChI=1S/C32H40FN3O4S/c1-24(2)22-34-32(38)30(21-26-13-6-5-7-14-26)35(23-27-15-10-12-25(3)20-27)31(37)18-11-19-36(41(4,39)40)29-17-9-8-16-28(29)33/h5-10,12-17,20,24,30H,11,18-19,21-23H2,1-4H3,(H,34,38). The Bertz CT molecular complexity index is 1410. The van der Waals surface area contributed by atoms with Crippen molar-refractivity contribution >= 4 is 27.5 Å². The molecule has 0 aliphatic carbocycles. The summed E-state index contributed by atoms with van der Waals surface area (Å²) in [5.41, 5.74) is 2.78. The number of carbonyl (C=O) groups excluding carboxylic acids is 2. The zero-order chi connectivity index (χ0) is 30.0. The van der Waals surface area contributed by atoms with Gasteiger partial charge in [0.1, 0.15) is 11.9 Å². The Hall–Kier alpha value is -3.72. The number of nitrogens with one attached hydrogen (secondary N) is 1. The van der Waals surface area contributed by atoms with E-state index in [4.69, 9.17) is 0 Å². The van der Waals surface area contributed by atoms with Crippen molar-refractivity contribution < 1.29 is 22.4 Å². The highest BCUT2D eigenvalue weighted by Crippen LogP contribution is 2.23. The maximum atomic E-state index is 14.5. The Labute approximate surface area is 243 Å². The Kier molecular flexibility index (Phi) is 11.5. The van der Waals surface area contributed by atoms with Crippen molar-refractivity contribution in [2.45, 2.75) is 52.6 Å². The number of nitrogens with zero attached hydrogens (tertiary/aromatic N) is 2. The van der Waals surface area contributed by atoms with Crippen LogP contribution in [-0.2, 0) is 32.6 Å². The highest BCUT2D eigenvalue weighted by atomic mass is 32.2. The molecule has 0 saturated carbocycles. The molecule has 0 radical (unpaired) electrons. The van der Waals surface area contributed by atoms with E-state index in [1.54, 1.807) is 11.0 Å². The van der Waals surface area contributed by atoms with Crippen LogP contribution in [0.4, 0.5) is 10.1 Å². The van der Waals surface area contributed by atoms with Crippen LogP contribution in [0.1, 0.15) is 43.4 Å². The second-order valence-electron chi connectivity index (χ2n) is 10.7. The average Bonchev–Trinajstić information content (AvgIpc) is 2.92. The Morgan fingerprint density at radius 2 is 1.59 bits per heavy atom. The largest absolute Gasteiger partial charge is 0.354 e. The molecule has 1 atom stereocenters. The van der Waals surface area contributed by atoms with Crippen LogP contribution in [0.15, 0.2) is 78.9 Å². The molecular weight excluding hydrogens is 541 g/mol. The summed E-state index contributed by atoms with van der Waals surface area (Å²) in [6.07, 6.45) is 1.47. The van der Waals surface area contributed by atoms with Crippen LogP contribution >= 0.6 is 0 Å². The van der Waals surface area contributed by atoms with Gasteiger partial charge in [0.2, 0.25) is 21.8 Å². The normalized spacial score (nSPS) is 12.1. The lowest BCUT2D eigenvalue weighted by molar-refractivity contribution is -0.141. The van der Waals surface area contributed by atoms with E-state index in [9.17, 15) is 22.4 Å². The predicted molar refractivity (Wildman–Crippen MR) is 161 cm³/mol. The van der Waals surface area contributed by atoms with Crippen LogP contribution in [0, 0.1) is 18.7 Å². The number of sulfonamides is 1. The van der Waals surface area contributed by atoms with Crippen LogP contribution in [0.2, 0.25) is 0 Å². The molecule has 0 aliphatic heterocycles. The van der Waals surface area contributed by atoms with Gasteiger partial charge in [0, 0.05) is 32.5 Å². The topological polar surface area (TPSA) is 86.8 Å². The molecular formula is C32H40FN3O4S. The fraction of sp³-hybridized carbons (Fsp3) is 0.375. The van der Waals surface area contributed by atoms with Gasteiger partial charge in [0.25, 0.3) is 0 Å². The van der Waals surface area contributed by atoms with E-state index in [1.165, 1.54) is 18.2 Å². The molecule has 1 unspecified atom stereocenters. The lowest BCUT2D eigenvalue weighted by Gasteiger charge is -2.32. The third kappa shape index (κ3) is 9.70. The maximum Gasteiger partial charge on any atom is 0.243 e. The van der Waals surface area contributed by atoms with Crippen molar-refractivity contribution in [3.8, 4) is 0 Å². The van der Waals surface area contributed by atoms with E-state index in [-0.39, 0.29) is 49.4 Å². The maximum absolute atomic E-state index is 14.5. The second kappa shape index (κ2) is 14.8. The van der Waals surface area contributed by atoms with Gasteiger partial charge in [0.15, 0.2) is 0 Å². The number of amides is 2. The van der Waals surface area contributed by atoms with Crippen LogP contribution in [0.25, 0.3) is 0 Å². The van der Waals surface area contributed by atoms with Gasteiger partial charge in [-0.25, -0.2) is 12.8 Å². The molecule has 0 heterocycles. The number of carbonyl (C=O) groups is 2. The number of hydrogen-bond acceptors (Lipinski definition) is 4. The number of para-hydroxylation sites is 1. The highest BCUT2D eigenvalue weighted by molar-refractivity contribution is 7.92. The van der Waals surface area contributed by atoms with Crippen molar-refractivity contribution in [1.82, 2.24) is 10.2 Å². The van der Waals surface area contributed by atoms with E-state index in [1.807, 2.05) is 75.4 Å². The van der Waals surface area contributed by atoms with Crippen molar-refractivity contribution in [3.63, 3.8) is 0 Å². The fourth-order valence-corrected chi connectivity index (χ4v) is 5.59. The van der Waals surface area contributed by atoms with Gasteiger partial charge in [-0.05, 0) is 42.5 Å². The number of halogens is 1. The second-order valence-corrected chi connectivity index (χ2v) is 12.7. The van der Waals surface area contributed by atoms with Crippen molar-refractivity contribution in [2.75, 3.05) is 23.7 Å². The molecule has 3 aromatic carbocycles. The van der Waals surface area contributed by atoms with Gasteiger partial charge in [0.05, 0.1) is 11.9 Å². The van der Waals surface area contributed by atoms with Crippen LogP contribution in [-0.4, -0.2) is 50.5 Å². The smallest absolute Gasteiger partial charge is 0.243 e. The van der Waals surface area contributed by atoms with Gasteiger partial charge in [-0.1, -0.05) is 86.1 Å². The first-order valence-corrected chi connectivity index (χ1v) is 15.7. The summed E-state index contributed by atoms with van der Waals surface area (Å²) in [5.74, 6) is -0.950. The molecule has 0 bridgehead atoms. The molecule has 0 aromatic heterocycles. The lowest BCUT2D eigenvalue weighted by Crippen LogP contribution is -2.51. The highest BCUT2D eigenvalue weighted by Gasteiger charge is 2.30. The zero-order valence-electron chi connectivity index (χ0n) is 24.2. The molecule has 2 amide bonds. The van der Waals surface area contributed by atoms with Crippen molar-refractivity contribution in [1.29, 1.82) is 0 Å². The minimum absolute atomic E-state index is 0.0188. The molecule has 0 aliphatic rings. The predicted octanol–water partition coefficient (Wildman–Crippen LogP) is 5.09. The summed E-state index contributed by atoms with van der Waals surface area (Å²) < 4.78 is 40.5. The Morgan fingerprint density at radius 1 is 0.927 bits per heavy atom. The van der Waals surface area contributed by atoms with Crippen LogP contribution in [0.5, 0.6) is 0 Å². The molecule has 1 N–H and O–H groups in total. The molecule has 220 valence electrons. The monoisotopic (exact) mass is 581 g/mol. The third-order valence-electron chi connectivity index (χ3n) is 6.66. The summed E-state index contributed by atoms with van der Waals surface area (Å²) in [6, 6.07) is 22.2.